The van der Waals surface area contributed by atoms with Gasteiger partial charge in [0.2, 0.25) is 0 Å². The van der Waals surface area contributed by atoms with Crippen LogP contribution in [-0.4, -0.2) is 5.78 Å². The summed E-state index contributed by atoms with van der Waals surface area (Å²) in [5, 5.41) is 0. The lowest BCUT2D eigenvalue weighted by Gasteiger charge is -2.06. The van der Waals surface area contributed by atoms with Crippen LogP contribution in [0, 0.1) is 16.7 Å². The molecule has 0 radical (unpaired) electrons. The third-order valence-corrected chi connectivity index (χ3v) is 5.20. The number of carbonyl (C=O) groups is 1. The van der Waals surface area contributed by atoms with Crippen molar-refractivity contribution in [3.8, 4) is 0 Å². The molecule has 0 spiro atoms. The molecule has 2 nitrogen and oxygen atoms in total. The molecular weight excluding hydrogens is 278 g/mol. The molecule has 1 aromatic rings. The van der Waals surface area contributed by atoms with E-state index in [1.807, 2.05) is 6.07 Å². The number of Topliss-reactive ketones (excluding diaryl/α,β-unsaturated/α-hetero) is 1. The molecule has 0 aromatic heterocycles. The van der Waals surface area contributed by atoms with Gasteiger partial charge in [-0.2, -0.15) is 0 Å². The molecule has 1 aliphatic rings. The predicted molar refractivity (Wildman–Crippen MR) is 73.9 cm³/mol. The normalized spacial score (nSPS) is 21.2. The molecule has 2 N–H and O–H groups in total. The second-order valence-electron chi connectivity index (χ2n) is 5.98. The van der Waals surface area contributed by atoms with Gasteiger partial charge in [-0.3, -0.25) is 4.79 Å². The van der Waals surface area contributed by atoms with Crippen molar-refractivity contribution in [2.45, 2.75) is 27.7 Å². The molecule has 0 atom stereocenters. The minimum atomic E-state index is 0.0743. The Labute approximate surface area is 111 Å². The summed E-state index contributed by atoms with van der Waals surface area (Å²) < 4.78 is 0.793. The molecular formula is C14H18BrNO. The lowest BCUT2D eigenvalue weighted by Crippen LogP contribution is -2.08. The zero-order valence-corrected chi connectivity index (χ0v) is 12.3. The summed E-state index contributed by atoms with van der Waals surface area (Å²) in [6, 6.07) is 5.38. The van der Waals surface area contributed by atoms with Gasteiger partial charge < -0.3 is 5.73 Å². The van der Waals surface area contributed by atoms with Gasteiger partial charge in [0.15, 0.2) is 5.78 Å². The number of nitrogens with two attached hydrogens (primary N) is 1. The Morgan fingerprint density at radius 3 is 2.18 bits per heavy atom. The summed E-state index contributed by atoms with van der Waals surface area (Å²) in [6.07, 6.45) is 0. The SMILES string of the molecule is CC1(C)C(C(=O)c2ccc(N)cc2Br)C1(C)C. The van der Waals surface area contributed by atoms with E-state index in [2.05, 4.69) is 43.6 Å². The van der Waals surface area contributed by atoms with Crippen LogP contribution in [0.15, 0.2) is 22.7 Å². The quantitative estimate of drug-likeness (QED) is 0.664. The fraction of sp³-hybridized carbons (Fsp3) is 0.500. The maximum atomic E-state index is 12.5. The lowest BCUT2D eigenvalue weighted by molar-refractivity contribution is 0.0944. The fourth-order valence-corrected chi connectivity index (χ4v) is 3.33. The van der Waals surface area contributed by atoms with Gasteiger partial charge in [-0.1, -0.05) is 27.7 Å². The Balaban J connectivity index is 2.35. The van der Waals surface area contributed by atoms with Crippen LogP contribution in [0.5, 0.6) is 0 Å². The molecule has 92 valence electrons. The molecule has 0 bridgehead atoms. The maximum absolute atomic E-state index is 12.5. The van der Waals surface area contributed by atoms with Crippen molar-refractivity contribution in [1.82, 2.24) is 0 Å². The fourth-order valence-electron chi connectivity index (χ4n) is 2.74. The van der Waals surface area contributed by atoms with Gasteiger partial charge in [0.1, 0.15) is 0 Å². The van der Waals surface area contributed by atoms with Gasteiger partial charge in [0.05, 0.1) is 0 Å². The second-order valence-corrected chi connectivity index (χ2v) is 6.83. The van der Waals surface area contributed by atoms with Gasteiger partial charge in [0, 0.05) is 21.6 Å². The highest BCUT2D eigenvalue weighted by atomic mass is 79.9. The van der Waals surface area contributed by atoms with E-state index < -0.39 is 0 Å². The first-order valence-electron chi connectivity index (χ1n) is 5.79. The predicted octanol–water partition coefficient (Wildman–Crippen LogP) is 3.90. The molecule has 1 saturated carbocycles. The van der Waals surface area contributed by atoms with Crippen LogP contribution < -0.4 is 5.73 Å². The van der Waals surface area contributed by atoms with Crippen LogP contribution in [0.2, 0.25) is 0 Å². The Hall–Kier alpha value is -0.830. The number of benzene rings is 1. The molecule has 2 rings (SSSR count). The zero-order chi connectivity index (χ0) is 13.0. The number of ketones is 1. The van der Waals surface area contributed by atoms with Crippen molar-refractivity contribution in [1.29, 1.82) is 0 Å². The standard InChI is InChI=1S/C14H18BrNO/c1-13(2)12(14(13,3)4)11(17)9-6-5-8(16)7-10(9)15/h5-7,12H,16H2,1-4H3. The summed E-state index contributed by atoms with van der Waals surface area (Å²) in [6.45, 7) is 8.61. The van der Waals surface area contributed by atoms with Crippen LogP contribution in [0.3, 0.4) is 0 Å². The Morgan fingerprint density at radius 1 is 1.24 bits per heavy atom. The number of halogens is 1. The molecule has 0 aliphatic heterocycles. The first-order chi connectivity index (χ1) is 7.69. The highest BCUT2D eigenvalue weighted by Crippen LogP contribution is 2.69. The van der Waals surface area contributed by atoms with E-state index in [4.69, 9.17) is 5.73 Å². The first kappa shape index (κ1) is 12.6. The van der Waals surface area contributed by atoms with Gasteiger partial charge in [0.25, 0.3) is 0 Å². The van der Waals surface area contributed by atoms with Crippen molar-refractivity contribution < 1.29 is 4.79 Å². The van der Waals surface area contributed by atoms with Gasteiger partial charge >= 0.3 is 0 Å². The minimum absolute atomic E-state index is 0.0743. The summed E-state index contributed by atoms with van der Waals surface area (Å²) in [5.41, 5.74) is 7.24. The van der Waals surface area contributed by atoms with E-state index in [-0.39, 0.29) is 22.5 Å². The largest absolute Gasteiger partial charge is 0.399 e. The van der Waals surface area contributed by atoms with Crippen molar-refractivity contribution in [3.63, 3.8) is 0 Å². The van der Waals surface area contributed by atoms with Crippen molar-refractivity contribution in [2.75, 3.05) is 5.73 Å². The van der Waals surface area contributed by atoms with Crippen LogP contribution in [0.4, 0.5) is 5.69 Å². The Kier molecular flexibility index (Phi) is 2.66. The van der Waals surface area contributed by atoms with Crippen molar-refractivity contribution >= 4 is 27.4 Å². The van der Waals surface area contributed by atoms with Crippen LogP contribution in [-0.2, 0) is 0 Å². The Morgan fingerprint density at radius 2 is 1.76 bits per heavy atom. The number of hydrogen-bond acceptors (Lipinski definition) is 2. The monoisotopic (exact) mass is 295 g/mol. The molecule has 17 heavy (non-hydrogen) atoms. The van der Waals surface area contributed by atoms with Crippen LogP contribution >= 0.6 is 15.9 Å². The topological polar surface area (TPSA) is 43.1 Å². The first-order valence-corrected chi connectivity index (χ1v) is 6.58. The number of rotatable bonds is 2. The summed E-state index contributed by atoms with van der Waals surface area (Å²) in [5.74, 6) is 0.307. The van der Waals surface area contributed by atoms with E-state index in [9.17, 15) is 4.79 Å². The summed E-state index contributed by atoms with van der Waals surface area (Å²) in [4.78, 5) is 12.5. The van der Waals surface area contributed by atoms with Crippen LogP contribution in [0.1, 0.15) is 38.1 Å². The van der Waals surface area contributed by atoms with E-state index in [1.54, 1.807) is 12.1 Å². The van der Waals surface area contributed by atoms with Crippen molar-refractivity contribution in [3.05, 3.63) is 28.2 Å². The molecule has 0 saturated heterocycles. The average Bonchev–Trinajstić information content (AvgIpc) is 2.56. The van der Waals surface area contributed by atoms with Crippen molar-refractivity contribution in [2.24, 2.45) is 16.7 Å². The van der Waals surface area contributed by atoms with Gasteiger partial charge in [-0.05, 0) is 45.0 Å². The molecule has 0 heterocycles. The molecule has 3 heteroatoms. The number of hydrogen-bond donors (Lipinski definition) is 1. The zero-order valence-electron chi connectivity index (χ0n) is 10.7. The van der Waals surface area contributed by atoms with Gasteiger partial charge in [-0.15, -0.1) is 0 Å². The molecule has 1 aromatic carbocycles. The lowest BCUT2D eigenvalue weighted by atomic mass is 10.0. The highest BCUT2D eigenvalue weighted by Gasteiger charge is 2.67. The minimum Gasteiger partial charge on any atom is -0.399 e. The molecule has 0 unspecified atom stereocenters. The highest BCUT2D eigenvalue weighted by molar-refractivity contribution is 9.10. The van der Waals surface area contributed by atoms with E-state index in [1.165, 1.54) is 0 Å². The molecule has 0 amide bonds. The van der Waals surface area contributed by atoms with E-state index in [0.717, 1.165) is 10.0 Å². The smallest absolute Gasteiger partial charge is 0.168 e. The van der Waals surface area contributed by atoms with E-state index in [0.29, 0.717) is 5.69 Å². The third-order valence-electron chi connectivity index (χ3n) is 4.54. The number of nitrogen functional groups attached to an aromatic ring is 1. The Bertz CT molecular complexity index is 477. The van der Waals surface area contributed by atoms with Crippen LogP contribution in [0.25, 0.3) is 0 Å². The maximum Gasteiger partial charge on any atom is 0.168 e. The average molecular weight is 296 g/mol. The number of carbonyl (C=O) groups excluding carboxylic acids is 1. The summed E-state index contributed by atoms with van der Waals surface area (Å²) >= 11 is 3.42. The van der Waals surface area contributed by atoms with Gasteiger partial charge in [-0.25, -0.2) is 0 Å². The molecule has 1 fully saturated rings. The van der Waals surface area contributed by atoms with E-state index >= 15 is 0 Å². The number of anilines is 1. The summed E-state index contributed by atoms with van der Waals surface area (Å²) in [7, 11) is 0. The second kappa shape index (κ2) is 3.58. The molecule has 1 aliphatic carbocycles. The third kappa shape index (κ3) is 1.71.